The molecule has 1 aromatic heterocycles. The molecular formula is C11H11BrN2O. The molecular weight excluding hydrogens is 256 g/mol. The molecule has 3 nitrogen and oxygen atoms in total. The van der Waals surface area contributed by atoms with E-state index in [1.807, 2.05) is 30.7 Å². The minimum Gasteiger partial charge on any atom is -0.331 e. The van der Waals surface area contributed by atoms with E-state index in [0.717, 1.165) is 21.3 Å². The summed E-state index contributed by atoms with van der Waals surface area (Å²) in [5.41, 5.74) is 2.59. The van der Waals surface area contributed by atoms with Crippen LogP contribution in [0.4, 0.5) is 0 Å². The molecule has 0 unspecified atom stereocenters. The Hall–Kier alpha value is -1.16. The Bertz CT molecular complexity index is 557. The first-order valence-electron chi connectivity index (χ1n) is 4.64. The van der Waals surface area contributed by atoms with Gasteiger partial charge in [0.1, 0.15) is 11.3 Å². The zero-order valence-electron chi connectivity index (χ0n) is 8.84. The van der Waals surface area contributed by atoms with Crippen molar-refractivity contribution in [1.29, 1.82) is 0 Å². The topological polar surface area (TPSA) is 34.9 Å². The molecule has 1 aromatic carbocycles. The second-order valence-electron chi connectivity index (χ2n) is 3.60. The van der Waals surface area contributed by atoms with E-state index in [4.69, 9.17) is 0 Å². The third-order valence-electron chi connectivity index (χ3n) is 2.57. The monoisotopic (exact) mass is 266 g/mol. The number of nitrogens with zero attached hydrogens (tertiary/aromatic N) is 2. The second kappa shape index (κ2) is 3.45. The summed E-state index contributed by atoms with van der Waals surface area (Å²) in [6.45, 7) is 3.51. The van der Waals surface area contributed by atoms with Crippen LogP contribution in [-0.4, -0.2) is 15.3 Å². The van der Waals surface area contributed by atoms with Gasteiger partial charge in [-0.3, -0.25) is 4.79 Å². The Morgan fingerprint density at radius 2 is 2.13 bits per heavy atom. The Morgan fingerprint density at radius 3 is 2.73 bits per heavy atom. The molecule has 78 valence electrons. The third kappa shape index (κ3) is 1.59. The van der Waals surface area contributed by atoms with Crippen molar-refractivity contribution < 1.29 is 4.79 Å². The number of benzene rings is 1. The van der Waals surface area contributed by atoms with Gasteiger partial charge in [0.25, 0.3) is 0 Å². The maximum atomic E-state index is 11.3. The Morgan fingerprint density at radius 1 is 1.47 bits per heavy atom. The number of carbonyl (C=O) groups excluding carboxylic acids is 1. The van der Waals surface area contributed by atoms with Crippen molar-refractivity contribution >= 4 is 32.7 Å². The molecule has 1 heterocycles. The zero-order valence-corrected chi connectivity index (χ0v) is 10.4. The lowest BCUT2D eigenvalue weighted by Gasteiger charge is -2.00. The van der Waals surface area contributed by atoms with Gasteiger partial charge in [0, 0.05) is 17.1 Å². The molecule has 0 amide bonds. The predicted octanol–water partition coefficient (Wildman–Crippen LogP) is 2.85. The lowest BCUT2D eigenvalue weighted by atomic mass is 10.1. The molecule has 0 bridgehead atoms. The number of imidazole rings is 1. The fourth-order valence-electron chi connectivity index (χ4n) is 1.57. The third-order valence-corrected chi connectivity index (χ3v) is 3.17. The van der Waals surface area contributed by atoms with E-state index in [-0.39, 0.29) is 5.78 Å². The fraction of sp³-hybridized carbons (Fsp3) is 0.273. The predicted molar refractivity (Wildman–Crippen MR) is 63.2 cm³/mol. The average Bonchev–Trinajstić information content (AvgIpc) is 2.45. The quantitative estimate of drug-likeness (QED) is 0.744. The van der Waals surface area contributed by atoms with Crippen molar-refractivity contribution in [2.24, 2.45) is 7.05 Å². The summed E-state index contributed by atoms with van der Waals surface area (Å²) in [7, 11) is 1.95. The van der Waals surface area contributed by atoms with Crippen LogP contribution in [0.15, 0.2) is 16.6 Å². The molecule has 0 aliphatic carbocycles. The van der Waals surface area contributed by atoms with Gasteiger partial charge in [0.05, 0.1) is 5.52 Å². The molecule has 0 N–H and O–H groups in total. The van der Waals surface area contributed by atoms with Crippen LogP contribution in [-0.2, 0) is 7.05 Å². The standard InChI is InChI=1S/C11H11BrN2O/c1-6(15)8-4-9(12)11-10(5-8)14(3)7(2)13-11/h4-5H,1-3H3. The molecule has 0 atom stereocenters. The van der Waals surface area contributed by atoms with Crippen molar-refractivity contribution in [3.63, 3.8) is 0 Å². The summed E-state index contributed by atoms with van der Waals surface area (Å²) in [5, 5.41) is 0. The molecule has 0 saturated heterocycles. The van der Waals surface area contributed by atoms with E-state index < -0.39 is 0 Å². The summed E-state index contributed by atoms with van der Waals surface area (Å²) in [4.78, 5) is 15.7. The molecule has 0 saturated carbocycles. The molecule has 15 heavy (non-hydrogen) atoms. The summed E-state index contributed by atoms with van der Waals surface area (Å²) in [6.07, 6.45) is 0. The summed E-state index contributed by atoms with van der Waals surface area (Å²) in [6, 6.07) is 3.69. The van der Waals surface area contributed by atoms with E-state index in [1.165, 1.54) is 0 Å². The van der Waals surface area contributed by atoms with Gasteiger partial charge in [-0.05, 0) is 41.9 Å². The maximum Gasteiger partial charge on any atom is 0.159 e. The highest BCUT2D eigenvalue weighted by molar-refractivity contribution is 9.10. The van der Waals surface area contributed by atoms with Gasteiger partial charge in [-0.1, -0.05) is 0 Å². The lowest BCUT2D eigenvalue weighted by molar-refractivity contribution is 0.101. The SMILES string of the molecule is CC(=O)c1cc(Br)c2nc(C)n(C)c2c1. The Labute approximate surface area is 96.2 Å². The Balaban J connectivity index is 2.85. The van der Waals surface area contributed by atoms with E-state index >= 15 is 0 Å². The zero-order chi connectivity index (χ0) is 11.2. The van der Waals surface area contributed by atoms with Gasteiger partial charge in [-0.2, -0.15) is 0 Å². The fourth-order valence-corrected chi connectivity index (χ4v) is 2.10. The number of halogens is 1. The number of fused-ring (bicyclic) bond motifs is 1. The second-order valence-corrected chi connectivity index (χ2v) is 4.45. The van der Waals surface area contributed by atoms with Crippen LogP contribution in [0.3, 0.4) is 0 Å². The molecule has 2 rings (SSSR count). The van der Waals surface area contributed by atoms with Crippen molar-refractivity contribution in [3.05, 3.63) is 28.0 Å². The first kappa shape index (κ1) is 10.4. The van der Waals surface area contributed by atoms with Crippen LogP contribution in [0, 0.1) is 6.92 Å². The molecule has 0 fully saturated rings. The number of Topliss-reactive ketones (excluding diaryl/α,β-unsaturated/α-hetero) is 1. The van der Waals surface area contributed by atoms with Crippen LogP contribution >= 0.6 is 15.9 Å². The van der Waals surface area contributed by atoms with E-state index in [9.17, 15) is 4.79 Å². The molecule has 4 heteroatoms. The normalized spacial score (nSPS) is 10.9. The average molecular weight is 267 g/mol. The number of rotatable bonds is 1. The van der Waals surface area contributed by atoms with Gasteiger partial charge < -0.3 is 4.57 Å². The number of hydrogen-bond acceptors (Lipinski definition) is 2. The summed E-state index contributed by atoms with van der Waals surface area (Å²) >= 11 is 3.44. The Kier molecular flexibility index (Phi) is 2.38. The summed E-state index contributed by atoms with van der Waals surface area (Å²) in [5.74, 6) is 1.00. The first-order valence-corrected chi connectivity index (χ1v) is 5.43. The van der Waals surface area contributed by atoms with E-state index in [1.54, 1.807) is 6.92 Å². The molecule has 2 aromatic rings. The minimum atomic E-state index is 0.0662. The molecule has 0 aliphatic heterocycles. The minimum absolute atomic E-state index is 0.0662. The molecule has 0 aliphatic rings. The smallest absolute Gasteiger partial charge is 0.159 e. The van der Waals surface area contributed by atoms with Crippen LogP contribution in [0.5, 0.6) is 0 Å². The number of aromatic nitrogens is 2. The van der Waals surface area contributed by atoms with Crippen LogP contribution < -0.4 is 0 Å². The molecule has 0 spiro atoms. The summed E-state index contributed by atoms with van der Waals surface area (Å²) < 4.78 is 2.85. The van der Waals surface area contributed by atoms with Crippen LogP contribution in [0.1, 0.15) is 23.1 Å². The number of ketones is 1. The van der Waals surface area contributed by atoms with Crippen molar-refractivity contribution in [1.82, 2.24) is 9.55 Å². The van der Waals surface area contributed by atoms with Crippen LogP contribution in [0.25, 0.3) is 11.0 Å². The van der Waals surface area contributed by atoms with E-state index in [0.29, 0.717) is 5.56 Å². The van der Waals surface area contributed by atoms with Gasteiger partial charge >= 0.3 is 0 Å². The van der Waals surface area contributed by atoms with Crippen molar-refractivity contribution in [3.8, 4) is 0 Å². The highest BCUT2D eigenvalue weighted by Gasteiger charge is 2.10. The van der Waals surface area contributed by atoms with E-state index in [2.05, 4.69) is 20.9 Å². The number of aryl methyl sites for hydroxylation is 2. The lowest BCUT2D eigenvalue weighted by Crippen LogP contribution is -1.94. The van der Waals surface area contributed by atoms with Crippen molar-refractivity contribution in [2.75, 3.05) is 0 Å². The number of carbonyl (C=O) groups is 1. The van der Waals surface area contributed by atoms with Crippen molar-refractivity contribution in [2.45, 2.75) is 13.8 Å². The van der Waals surface area contributed by atoms with Gasteiger partial charge in [-0.25, -0.2) is 4.98 Å². The first-order chi connectivity index (χ1) is 7.00. The van der Waals surface area contributed by atoms with Crippen LogP contribution in [0.2, 0.25) is 0 Å². The number of hydrogen-bond donors (Lipinski definition) is 0. The highest BCUT2D eigenvalue weighted by atomic mass is 79.9. The maximum absolute atomic E-state index is 11.3. The largest absolute Gasteiger partial charge is 0.331 e. The molecule has 0 radical (unpaired) electrons. The van der Waals surface area contributed by atoms with Gasteiger partial charge in [-0.15, -0.1) is 0 Å². The van der Waals surface area contributed by atoms with Gasteiger partial charge in [0.2, 0.25) is 0 Å². The highest BCUT2D eigenvalue weighted by Crippen LogP contribution is 2.25. The van der Waals surface area contributed by atoms with Gasteiger partial charge in [0.15, 0.2) is 5.78 Å².